The summed E-state index contributed by atoms with van der Waals surface area (Å²) in [6, 6.07) is 9.01. The molecule has 0 unspecified atom stereocenters. The van der Waals surface area contributed by atoms with Crippen LogP contribution in [0.3, 0.4) is 0 Å². The van der Waals surface area contributed by atoms with Crippen LogP contribution in [0.4, 0.5) is 0 Å². The molecule has 0 saturated carbocycles. The molecule has 4 nitrogen and oxygen atoms in total. The molecule has 0 spiro atoms. The molecule has 0 saturated heterocycles. The second-order valence-corrected chi connectivity index (χ2v) is 3.40. The first-order valence-electron chi connectivity index (χ1n) is 5.73. The fourth-order valence-electron chi connectivity index (χ4n) is 1.37. The Hall–Kier alpha value is -2.28. The first-order chi connectivity index (χ1) is 8.71. The van der Waals surface area contributed by atoms with Gasteiger partial charge in [-0.1, -0.05) is 12.1 Å². The number of esters is 1. The number of nitrogens with zero attached hydrogens (tertiary/aromatic N) is 1. The van der Waals surface area contributed by atoms with Gasteiger partial charge < -0.3 is 9.47 Å². The molecule has 0 aromatic heterocycles. The Kier molecular flexibility index (Phi) is 5.46. The lowest BCUT2D eigenvalue weighted by Gasteiger charge is -2.04. The summed E-state index contributed by atoms with van der Waals surface area (Å²) < 4.78 is 10.1. The summed E-state index contributed by atoms with van der Waals surface area (Å²) in [7, 11) is 0. The highest BCUT2D eigenvalue weighted by molar-refractivity contribution is 5.97. The highest BCUT2D eigenvalue weighted by Crippen LogP contribution is 2.16. The number of carbonyl (C=O) groups is 1. The van der Waals surface area contributed by atoms with E-state index < -0.39 is 5.97 Å². The quantitative estimate of drug-likeness (QED) is 0.454. The highest BCUT2D eigenvalue weighted by atomic mass is 16.5. The van der Waals surface area contributed by atoms with Crippen LogP contribution in [-0.4, -0.2) is 19.2 Å². The maximum atomic E-state index is 11.4. The van der Waals surface area contributed by atoms with Crippen LogP contribution < -0.4 is 4.74 Å². The van der Waals surface area contributed by atoms with Gasteiger partial charge >= 0.3 is 5.97 Å². The maximum Gasteiger partial charge on any atom is 0.348 e. The summed E-state index contributed by atoms with van der Waals surface area (Å²) >= 11 is 0. The Labute approximate surface area is 106 Å². The van der Waals surface area contributed by atoms with Crippen molar-refractivity contribution in [3.63, 3.8) is 0 Å². The lowest BCUT2D eigenvalue weighted by molar-refractivity contribution is -0.137. The fourth-order valence-corrected chi connectivity index (χ4v) is 1.37. The van der Waals surface area contributed by atoms with Crippen LogP contribution in [0.2, 0.25) is 0 Å². The minimum absolute atomic E-state index is 0.0227. The molecule has 1 rings (SSSR count). The first-order valence-corrected chi connectivity index (χ1v) is 5.73. The van der Waals surface area contributed by atoms with Crippen molar-refractivity contribution in [1.82, 2.24) is 0 Å². The molecular weight excluding hydrogens is 230 g/mol. The topological polar surface area (TPSA) is 59.3 Å². The van der Waals surface area contributed by atoms with Gasteiger partial charge in [-0.25, -0.2) is 4.79 Å². The zero-order chi connectivity index (χ0) is 13.4. The molecule has 94 valence electrons. The summed E-state index contributed by atoms with van der Waals surface area (Å²) in [6.45, 7) is 4.40. The Morgan fingerprint density at radius 2 is 2.17 bits per heavy atom. The number of benzene rings is 1. The zero-order valence-corrected chi connectivity index (χ0v) is 10.5. The van der Waals surface area contributed by atoms with Crippen LogP contribution in [0.15, 0.2) is 29.8 Å². The first kappa shape index (κ1) is 13.8. The fraction of sp³-hybridized carbons (Fsp3) is 0.286. The van der Waals surface area contributed by atoms with E-state index in [-0.39, 0.29) is 12.2 Å². The van der Waals surface area contributed by atoms with E-state index >= 15 is 0 Å². The normalized spacial score (nSPS) is 10.6. The second-order valence-electron chi connectivity index (χ2n) is 3.40. The summed E-state index contributed by atoms with van der Waals surface area (Å²) in [5.74, 6) is 0.0919. The number of hydrogen-bond acceptors (Lipinski definition) is 4. The van der Waals surface area contributed by atoms with E-state index in [1.165, 1.54) is 6.08 Å². The van der Waals surface area contributed by atoms with Crippen LogP contribution >= 0.6 is 0 Å². The molecule has 0 bridgehead atoms. The molecule has 0 aliphatic carbocycles. The lowest BCUT2D eigenvalue weighted by Crippen LogP contribution is -2.06. The van der Waals surface area contributed by atoms with Crippen molar-refractivity contribution < 1.29 is 14.3 Å². The molecular formula is C14H15NO3. The van der Waals surface area contributed by atoms with Gasteiger partial charge in [0.05, 0.1) is 13.2 Å². The SMILES string of the molecule is CCOC(=O)/C(C#N)=C/c1cccc(OCC)c1. The average Bonchev–Trinajstić information content (AvgIpc) is 2.37. The van der Waals surface area contributed by atoms with Gasteiger partial charge in [-0.3, -0.25) is 0 Å². The van der Waals surface area contributed by atoms with E-state index in [4.69, 9.17) is 14.7 Å². The monoisotopic (exact) mass is 245 g/mol. The maximum absolute atomic E-state index is 11.4. The summed E-state index contributed by atoms with van der Waals surface area (Å²) in [4.78, 5) is 11.4. The molecule has 18 heavy (non-hydrogen) atoms. The molecule has 0 fully saturated rings. The van der Waals surface area contributed by atoms with Gasteiger partial charge in [0.15, 0.2) is 0 Å². The zero-order valence-electron chi connectivity index (χ0n) is 10.5. The molecule has 0 radical (unpaired) electrons. The Morgan fingerprint density at radius 3 is 2.78 bits per heavy atom. The second kappa shape index (κ2) is 7.13. The van der Waals surface area contributed by atoms with E-state index in [2.05, 4.69) is 0 Å². The van der Waals surface area contributed by atoms with Gasteiger partial charge in [-0.05, 0) is 37.6 Å². The van der Waals surface area contributed by atoms with E-state index in [9.17, 15) is 4.79 Å². The van der Waals surface area contributed by atoms with Crippen LogP contribution in [-0.2, 0) is 9.53 Å². The summed E-state index contributed by atoms with van der Waals surface area (Å²) in [5.41, 5.74) is 0.705. The Morgan fingerprint density at radius 1 is 1.39 bits per heavy atom. The van der Waals surface area contributed by atoms with E-state index in [0.717, 1.165) is 5.56 Å². The molecule has 0 N–H and O–H groups in total. The van der Waals surface area contributed by atoms with Crippen LogP contribution in [0.1, 0.15) is 19.4 Å². The molecule has 0 aliphatic rings. The van der Waals surface area contributed by atoms with Crippen molar-refractivity contribution in [1.29, 1.82) is 5.26 Å². The van der Waals surface area contributed by atoms with Crippen molar-refractivity contribution in [2.45, 2.75) is 13.8 Å². The third-order valence-electron chi connectivity index (χ3n) is 2.10. The lowest BCUT2D eigenvalue weighted by atomic mass is 10.1. The average molecular weight is 245 g/mol. The third-order valence-corrected chi connectivity index (χ3v) is 2.10. The van der Waals surface area contributed by atoms with Crippen molar-refractivity contribution in [3.8, 4) is 11.8 Å². The van der Waals surface area contributed by atoms with E-state index in [1.54, 1.807) is 25.1 Å². The predicted octanol–water partition coefficient (Wildman–Crippen LogP) is 2.56. The third kappa shape index (κ3) is 3.95. The van der Waals surface area contributed by atoms with Crippen LogP contribution in [0.25, 0.3) is 6.08 Å². The summed E-state index contributed by atoms with van der Waals surface area (Å²) in [6.07, 6.45) is 1.49. The predicted molar refractivity (Wildman–Crippen MR) is 67.8 cm³/mol. The number of carbonyl (C=O) groups excluding carboxylic acids is 1. The number of ether oxygens (including phenoxy) is 2. The van der Waals surface area contributed by atoms with Crippen molar-refractivity contribution in [3.05, 3.63) is 35.4 Å². The van der Waals surface area contributed by atoms with E-state index in [1.807, 2.05) is 19.1 Å². The molecule has 1 aromatic rings. The minimum atomic E-state index is -0.609. The van der Waals surface area contributed by atoms with Crippen molar-refractivity contribution >= 4 is 12.0 Å². The number of rotatable bonds is 5. The molecule has 4 heteroatoms. The number of nitriles is 1. The van der Waals surface area contributed by atoms with E-state index in [0.29, 0.717) is 12.4 Å². The minimum Gasteiger partial charge on any atom is -0.494 e. The molecule has 1 aromatic carbocycles. The van der Waals surface area contributed by atoms with Crippen molar-refractivity contribution in [2.75, 3.05) is 13.2 Å². The largest absolute Gasteiger partial charge is 0.494 e. The van der Waals surface area contributed by atoms with Gasteiger partial charge in [-0.2, -0.15) is 5.26 Å². The van der Waals surface area contributed by atoms with Gasteiger partial charge in [0.25, 0.3) is 0 Å². The standard InChI is InChI=1S/C14H15NO3/c1-3-17-13-7-5-6-11(9-13)8-12(10-15)14(16)18-4-2/h5-9H,3-4H2,1-2H3/b12-8+. The Bertz CT molecular complexity index is 486. The van der Waals surface area contributed by atoms with Gasteiger partial charge in [0.1, 0.15) is 17.4 Å². The summed E-state index contributed by atoms with van der Waals surface area (Å²) in [5, 5.41) is 8.91. The van der Waals surface area contributed by atoms with Crippen LogP contribution in [0, 0.1) is 11.3 Å². The van der Waals surface area contributed by atoms with Crippen LogP contribution in [0.5, 0.6) is 5.75 Å². The van der Waals surface area contributed by atoms with Gasteiger partial charge in [0, 0.05) is 0 Å². The molecule has 0 amide bonds. The van der Waals surface area contributed by atoms with Gasteiger partial charge in [-0.15, -0.1) is 0 Å². The smallest absolute Gasteiger partial charge is 0.348 e. The Balaban J connectivity index is 2.95. The molecule has 0 aliphatic heterocycles. The molecule has 0 atom stereocenters. The highest BCUT2D eigenvalue weighted by Gasteiger charge is 2.09. The molecule has 0 heterocycles. The van der Waals surface area contributed by atoms with Crippen molar-refractivity contribution in [2.24, 2.45) is 0 Å². The number of hydrogen-bond donors (Lipinski definition) is 0. The van der Waals surface area contributed by atoms with Gasteiger partial charge in [0.2, 0.25) is 0 Å².